The summed E-state index contributed by atoms with van der Waals surface area (Å²) in [5, 5.41) is 4.58. The lowest BCUT2D eigenvalue weighted by Gasteiger charge is -2.32. The van der Waals surface area contributed by atoms with Crippen LogP contribution in [0.5, 0.6) is 0 Å². The highest BCUT2D eigenvalue weighted by Gasteiger charge is 2.22. The molecule has 2 aromatic heterocycles. The number of carbonyl (C=O) groups excluding carboxylic acids is 1. The van der Waals surface area contributed by atoms with Gasteiger partial charge < -0.3 is 10.2 Å². The lowest BCUT2D eigenvalue weighted by molar-refractivity contribution is -0.129. The smallest absolute Gasteiger partial charge is 0.219 e. The molecule has 0 unspecified atom stereocenters. The van der Waals surface area contributed by atoms with Crippen molar-refractivity contribution >= 4 is 33.3 Å². The van der Waals surface area contributed by atoms with E-state index in [4.69, 9.17) is 0 Å². The van der Waals surface area contributed by atoms with Crippen molar-refractivity contribution in [3.8, 4) is 10.4 Å². The molecule has 25 heavy (non-hydrogen) atoms. The first-order valence-corrected chi connectivity index (χ1v) is 9.34. The number of likely N-dealkylation sites (tertiary alicyclic amines) is 1. The van der Waals surface area contributed by atoms with Crippen LogP contribution >= 0.6 is 11.3 Å². The standard InChI is InChI=1S/C19H20N4OS/c1-13(24)23-9-5-8-15(11-23)22-18-16-10-17(14-6-3-2-4-7-14)25-19(16)21-12-20-18/h2-4,6-7,10,12,15H,5,8-9,11H2,1H3,(H,20,21,22)/t15-/m1/s1. The first kappa shape index (κ1) is 16.0. The Hall–Kier alpha value is -2.47. The van der Waals surface area contributed by atoms with Gasteiger partial charge in [0.25, 0.3) is 0 Å². The van der Waals surface area contributed by atoms with E-state index < -0.39 is 0 Å². The third-order valence-corrected chi connectivity index (χ3v) is 5.69. The van der Waals surface area contributed by atoms with Crippen molar-refractivity contribution in [2.75, 3.05) is 18.4 Å². The van der Waals surface area contributed by atoms with E-state index in [1.807, 2.05) is 23.1 Å². The quantitative estimate of drug-likeness (QED) is 0.779. The summed E-state index contributed by atoms with van der Waals surface area (Å²) in [5.74, 6) is 1.00. The second kappa shape index (κ2) is 6.80. The number of nitrogens with zero attached hydrogens (tertiary/aromatic N) is 3. The molecule has 1 atom stereocenters. The van der Waals surface area contributed by atoms with E-state index in [0.717, 1.165) is 42.0 Å². The van der Waals surface area contributed by atoms with Crippen molar-refractivity contribution < 1.29 is 4.79 Å². The second-order valence-electron chi connectivity index (χ2n) is 6.37. The largest absolute Gasteiger partial charge is 0.365 e. The van der Waals surface area contributed by atoms with E-state index in [-0.39, 0.29) is 11.9 Å². The van der Waals surface area contributed by atoms with Crippen LogP contribution in [0.25, 0.3) is 20.7 Å². The number of hydrogen-bond acceptors (Lipinski definition) is 5. The lowest BCUT2D eigenvalue weighted by Crippen LogP contribution is -2.44. The molecule has 1 aromatic carbocycles. The van der Waals surface area contributed by atoms with Gasteiger partial charge in [-0.1, -0.05) is 30.3 Å². The maximum absolute atomic E-state index is 11.6. The van der Waals surface area contributed by atoms with Crippen LogP contribution in [0.1, 0.15) is 19.8 Å². The van der Waals surface area contributed by atoms with Crippen molar-refractivity contribution in [2.24, 2.45) is 0 Å². The zero-order valence-electron chi connectivity index (χ0n) is 14.1. The van der Waals surface area contributed by atoms with Gasteiger partial charge in [0.2, 0.25) is 5.91 Å². The second-order valence-corrected chi connectivity index (χ2v) is 7.40. The van der Waals surface area contributed by atoms with Gasteiger partial charge in [0.15, 0.2) is 0 Å². The van der Waals surface area contributed by atoms with Crippen LogP contribution < -0.4 is 5.32 Å². The summed E-state index contributed by atoms with van der Waals surface area (Å²) >= 11 is 1.68. The van der Waals surface area contributed by atoms with E-state index >= 15 is 0 Å². The fourth-order valence-electron chi connectivity index (χ4n) is 3.29. The molecule has 1 fully saturated rings. The number of anilines is 1. The first-order valence-electron chi connectivity index (χ1n) is 8.53. The average Bonchev–Trinajstić information content (AvgIpc) is 3.08. The molecule has 0 spiro atoms. The molecule has 1 aliphatic rings. The third-order valence-electron chi connectivity index (χ3n) is 4.60. The van der Waals surface area contributed by atoms with Crippen LogP contribution in [-0.4, -0.2) is 39.9 Å². The van der Waals surface area contributed by atoms with E-state index in [1.54, 1.807) is 24.6 Å². The van der Waals surface area contributed by atoms with Crippen molar-refractivity contribution in [1.82, 2.24) is 14.9 Å². The number of carbonyl (C=O) groups is 1. The molecule has 6 heteroatoms. The zero-order chi connectivity index (χ0) is 17.2. The Morgan fingerprint density at radius 1 is 1.28 bits per heavy atom. The summed E-state index contributed by atoms with van der Waals surface area (Å²) in [5.41, 5.74) is 1.19. The molecule has 3 heterocycles. The number of rotatable bonds is 3. The molecule has 0 bridgehead atoms. The molecule has 0 aliphatic carbocycles. The summed E-state index contributed by atoms with van der Waals surface area (Å²) in [4.78, 5) is 24.6. The fraction of sp³-hybridized carbons (Fsp3) is 0.316. The number of amides is 1. The third kappa shape index (κ3) is 3.35. The number of thiophene rings is 1. The molecule has 5 nitrogen and oxygen atoms in total. The number of piperidine rings is 1. The normalized spacial score (nSPS) is 17.6. The number of hydrogen-bond donors (Lipinski definition) is 1. The average molecular weight is 352 g/mol. The Morgan fingerprint density at radius 2 is 2.12 bits per heavy atom. The van der Waals surface area contributed by atoms with E-state index in [2.05, 4.69) is 33.5 Å². The van der Waals surface area contributed by atoms with Crippen LogP contribution in [0.3, 0.4) is 0 Å². The van der Waals surface area contributed by atoms with Gasteiger partial charge in [-0.15, -0.1) is 11.3 Å². The van der Waals surface area contributed by atoms with E-state index in [0.29, 0.717) is 0 Å². The van der Waals surface area contributed by atoms with Gasteiger partial charge in [-0.25, -0.2) is 9.97 Å². The van der Waals surface area contributed by atoms with Crippen molar-refractivity contribution in [1.29, 1.82) is 0 Å². The predicted octanol–water partition coefficient (Wildman–Crippen LogP) is 3.78. The van der Waals surface area contributed by atoms with Crippen molar-refractivity contribution in [2.45, 2.75) is 25.8 Å². The number of aromatic nitrogens is 2. The molecule has 4 rings (SSSR count). The minimum absolute atomic E-state index is 0.140. The van der Waals surface area contributed by atoms with E-state index in [9.17, 15) is 4.79 Å². The minimum Gasteiger partial charge on any atom is -0.365 e. The van der Waals surface area contributed by atoms with Gasteiger partial charge in [0.05, 0.1) is 5.39 Å². The number of nitrogens with one attached hydrogen (secondary N) is 1. The molecule has 3 aromatic rings. The topological polar surface area (TPSA) is 58.1 Å². The Kier molecular flexibility index (Phi) is 4.36. The Morgan fingerprint density at radius 3 is 2.92 bits per heavy atom. The van der Waals surface area contributed by atoms with Gasteiger partial charge in [-0.2, -0.15) is 0 Å². The summed E-state index contributed by atoms with van der Waals surface area (Å²) in [6.07, 6.45) is 3.68. The molecule has 1 aliphatic heterocycles. The Bertz CT molecular complexity index is 893. The van der Waals surface area contributed by atoms with Gasteiger partial charge in [0.1, 0.15) is 17.0 Å². The maximum atomic E-state index is 11.6. The highest BCUT2D eigenvalue weighted by molar-refractivity contribution is 7.21. The number of benzene rings is 1. The predicted molar refractivity (Wildman–Crippen MR) is 102 cm³/mol. The summed E-state index contributed by atoms with van der Waals surface area (Å²) in [7, 11) is 0. The molecular formula is C19H20N4OS. The van der Waals surface area contributed by atoms with Gasteiger partial charge in [-0.05, 0) is 24.5 Å². The van der Waals surface area contributed by atoms with Crippen molar-refractivity contribution in [3.63, 3.8) is 0 Å². The molecule has 0 radical (unpaired) electrons. The lowest BCUT2D eigenvalue weighted by atomic mass is 10.1. The molecule has 128 valence electrons. The molecule has 1 N–H and O–H groups in total. The van der Waals surface area contributed by atoms with Crippen LogP contribution in [0, 0.1) is 0 Å². The summed E-state index contributed by atoms with van der Waals surface area (Å²) in [6, 6.07) is 12.7. The number of fused-ring (bicyclic) bond motifs is 1. The van der Waals surface area contributed by atoms with Crippen molar-refractivity contribution in [3.05, 3.63) is 42.7 Å². The van der Waals surface area contributed by atoms with E-state index in [1.165, 1.54) is 10.4 Å². The van der Waals surface area contributed by atoms with Crippen LogP contribution in [0.4, 0.5) is 5.82 Å². The Balaban J connectivity index is 1.62. The minimum atomic E-state index is 0.140. The monoisotopic (exact) mass is 352 g/mol. The summed E-state index contributed by atoms with van der Waals surface area (Å²) in [6.45, 7) is 3.22. The fourth-order valence-corrected chi connectivity index (χ4v) is 4.29. The molecule has 1 saturated heterocycles. The summed E-state index contributed by atoms with van der Waals surface area (Å²) < 4.78 is 0. The highest BCUT2D eigenvalue weighted by Crippen LogP contribution is 2.35. The van der Waals surface area contributed by atoms with Crippen LogP contribution in [0.2, 0.25) is 0 Å². The maximum Gasteiger partial charge on any atom is 0.219 e. The zero-order valence-corrected chi connectivity index (χ0v) is 14.9. The Labute approximate surface area is 150 Å². The highest BCUT2D eigenvalue weighted by atomic mass is 32.1. The van der Waals surface area contributed by atoms with Gasteiger partial charge in [0, 0.05) is 30.9 Å². The van der Waals surface area contributed by atoms with Gasteiger partial charge >= 0.3 is 0 Å². The molecule has 0 saturated carbocycles. The SMILES string of the molecule is CC(=O)N1CCC[C@@H](Nc2ncnc3sc(-c4ccccc4)cc23)C1. The van der Waals surface area contributed by atoms with Crippen LogP contribution in [0.15, 0.2) is 42.7 Å². The van der Waals surface area contributed by atoms with Crippen LogP contribution in [-0.2, 0) is 4.79 Å². The van der Waals surface area contributed by atoms with Gasteiger partial charge in [-0.3, -0.25) is 4.79 Å². The first-order chi connectivity index (χ1) is 12.2. The molecular weight excluding hydrogens is 332 g/mol. The molecule has 1 amide bonds.